The summed E-state index contributed by atoms with van der Waals surface area (Å²) < 4.78 is 5.29. The summed E-state index contributed by atoms with van der Waals surface area (Å²) in [5.74, 6) is -0.276. The van der Waals surface area contributed by atoms with Gasteiger partial charge in [0.2, 0.25) is 0 Å². The lowest BCUT2D eigenvalue weighted by atomic mass is 9.80. The van der Waals surface area contributed by atoms with Gasteiger partial charge in [-0.25, -0.2) is 9.59 Å². The molecule has 1 saturated heterocycles. The van der Waals surface area contributed by atoms with Crippen LogP contribution in [0.15, 0.2) is 38.9 Å². The summed E-state index contributed by atoms with van der Waals surface area (Å²) >= 11 is 7.87. The number of carbonyl (C=O) groups excluding carboxylic acids is 2. The van der Waals surface area contributed by atoms with Crippen LogP contribution >= 0.6 is 22.9 Å². The monoisotopic (exact) mass is 428 g/mol. The van der Waals surface area contributed by atoms with E-state index in [1.165, 1.54) is 11.0 Å². The van der Waals surface area contributed by atoms with Crippen molar-refractivity contribution in [2.75, 3.05) is 0 Å². The lowest BCUT2D eigenvalue weighted by molar-refractivity contribution is -0.132. The van der Waals surface area contributed by atoms with E-state index >= 15 is 0 Å². The standard InChI is InChI=1S/C21H17ClN2O4S/c1-11-7-16-13(9-15(11)22)12(8-18(25)28-16)10-24-19(26)21(23-20(24)27)5-2-3-17-14(21)4-6-29-17/h4,6-9H,2-3,5,10H2,1H3,(H,23,27)/t21-/m1/s1. The SMILES string of the molecule is Cc1cc2oc(=O)cc(CN3C(=O)N[C@@]4(CCCc5sccc54)C3=O)c2cc1Cl. The molecule has 0 unspecified atom stereocenters. The van der Waals surface area contributed by atoms with Gasteiger partial charge in [0.05, 0.1) is 6.54 Å². The Morgan fingerprint density at radius 2 is 2.10 bits per heavy atom. The molecule has 1 N–H and O–H groups in total. The van der Waals surface area contributed by atoms with Crippen molar-refractivity contribution in [3.63, 3.8) is 0 Å². The highest BCUT2D eigenvalue weighted by Gasteiger charge is 2.54. The summed E-state index contributed by atoms with van der Waals surface area (Å²) in [6.07, 6.45) is 2.32. The van der Waals surface area contributed by atoms with Gasteiger partial charge in [0, 0.05) is 26.9 Å². The smallest absolute Gasteiger partial charge is 0.336 e. The molecule has 3 heterocycles. The molecule has 2 aliphatic rings. The molecular weight excluding hydrogens is 412 g/mol. The molecule has 1 spiro atoms. The lowest BCUT2D eigenvalue weighted by Crippen LogP contribution is -2.46. The Hall–Kier alpha value is -2.64. The van der Waals surface area contributed by atoms with Crippen LogP contribution in [0.5, 0.6) is 0 Å². The molecule has 2 aromatic heterocycles. The molecule has 3 amide bonds. The van der Waals surface area contributed by atoms with Crippen molar-refractivity contribution < 1.29 is 14.0 Å². The molecule has 148 valence electrons. The normalized spacial score (nSPS) is 21.1. The first kappa shape index (κ1) is 18.4. The molecule has 8 heteroatoms. The summed E-state index contributed by atoms with van der Waals surface area (Å²) in [4.78, 5) is 40.6. The number of carbonyl (C=O) groups is 2. The van der Waals surface area contributed by atoms with Crippen molar-refractivity contribution in [2.24, 2.45) is 0 Å². The van der Waals surface area contributed by atoms with Crippen molar-refractivity contribution in [3.8, 4) is 0 Å². The molecule has 1 aliphatic carbocycles. The number of fused-ring (bicyclic) bond motifs is 3. The van der Waals surface area contributed by atoms with Crippen molar-refractivity contribution in [1.82, 2.24) is 10.2 Å². The number of benzene rings is 1. The molecule has 1 atom stereocenters. The fourth-order valence-electron chi connectivity index (χ4n) is 4.33. The van der Waals surface area contributed by atoms with E-state index < -0.39 is 17.2 Å². The highest BCUT2D eigenvalue weighted by Crippen LogP contribution is 2.42. The fraction of sp³-hybridized carbons (Fsp3) is 0.286. The van der Waals surface area contributed by atoms with Gasteiger partial charge in [-0.15, -0.1) is 11.3 Å². The van der Waals surface area contributed by atoms with Crippen molar-refractivity contribution in [3.05, 3.63) is 66.7 Å². The number of aryl methyl sites for hydroxylation is 2. The number of halogens is 1. The summed E-state index contributed by atoms with van der Waals surface area (Å²) in [5, 5.41) is 6.03. The molecule has 1 aromatic carbocycles. The highest BCUT2D eigenvalue weighted by atomic mass is 35.5. The van der Waals surface area contributed by atoms with Crippen LogP contribution in [0.2, 0.25) is 5.02 Å². The van der Waals surface area contributed by atoms with Crippen LogP contribution in [0.1, 0.15) is 34.4 Å². The first-order chi connectivity index (χ1) is 13.9. The molecule has 29 heavy (non-hydrogen) atoms. The Kier molecular flexibility index (Phi) is 4.08. The van der Waals surface area contributed by atoms with Gasteiger partial charge < -0.3 is 9.73 Å². The maximum absolute atomic E-state index is 13.4. The number of nitrogens with zero attached hydrogens (tertiary/aromatic N) is 1. The Morgan fingerprint density at radius 3 is 2.93 bits per heavy atom. The number of hydrogen-bond acceptors (Lipinski definition) is 5. The van der Waals surface area contributed by atoms with Gasteiger partial charge in [-0.3, -0.25) is 9.69 Å². The van der Waals surface area contributed by atoms with Crippen molar-refractivity contribution in [1.29, 1.82) is 0 Å². The van der Waals surface area contributed by atoms with Crippen LogP contribution in [0.3, 0.4) is 0 Å². The summed E-state index contributed by atoms with van der Waals surface area (Å²) in [6.45, 7) is 1.80. The lowest BCUT2D eigenvalue weighted by Gasteiger charge is -2.31. The van der Waals surface area contributed by atoms with E-state index in [2.05, 4.69) is 5.32 Å². The van der Waals surface area contributed by atoms with E-state index in [4.69, 9.17) is 16.0 Å². The second-order valence-electron chi connectivity index (χ2n) is 7.53. The number of hydrogen-bond donors (Lipinski definition) is 1. The van der Waals surface area contributed by atoms with Gasteiger partial charge in [-0.1, -0.05) is 11.6 Å². The van der Waals surface area contributed by atoms with Crippen molar-refractivity contribution in [2.45, 2.75) is 38.3 Å². The van der Waals surface area contributed by atoms with Crippen LogP contribution in [0.25, 0.3) is 11.0 Å². The number of amides is 3. The molecule has 0 radical (unpaired) electrons. The number of imide groups is 1. The molecule has 0 bridgehead atoms. The second-order valence-corrected chi connectivity index (χ2v) is 8.93. The van der Waals surface area contributed by atoms with Gasteiger partial charge >= 0.3 is 11.7 Å². The molecule has 1 aliphatic heterocycles. The van der Waals surface area contributed by atoms with Gasteiger partial charge in [0.15, 0.2) is 0 Å². The molecular formula is C21H17ClN2O4S. The minimum absolute atomic E-state index is 0.0205. The van der Waals surface area contributed by atoms with Gasteiger partial charge in [-0.2, -0.15) is 0 Å². The van der Waals surface area contributed by atoms with E-state index in [0.717, 1.165) is 28.8 Å². The van der Waals surface area contributed by atoms with E-state index in [9.17, 15) is 14.4 Å². The maximum Gasteiger partial charge on any atom is 0.336 e. The topological polar surface area (TPSA) is 79.6 Å². The molecule has 3 aromatic rings. The van der Waals surface area contributed by atoms with Crippen molar-refractivity contribution >= 4 is 45.8 Å². The van der Waals surface area contributed by atoms with Crippen LogP contribution in [-0.4, -0.2) is 16.8 Å². The van der Waals surface area contributed by atoms with Crippen LogP contribution < -0.4 is 10.9 Å². The Bertz CT molecular complexity index is 1250. The van der Waals surface area contributed by atoms with Gasteiger partial charge in [0.1, 0.15) is 11.1 Å². The summed E-state index contributed by atoms with van der Waals surface area (Å²) in [6, 6.07) is 6.19. The first-order valence-electron chi connectivity index (χ1n) is 9.33. The Balaban J connectivity index is 1.57. The second kappa shape index (κ2) is 6.43. The zero-order chi connectivity index (χ0) is 20.3. The molecule has 5 rings (SSSR count). The van der Waals surface area contributed by atoms with Crippen LogP contribution in [0, 0.1) is 6.92 Å². The quantitative estimate of drug-likeness (QED) is 0.492. The van der Waals surface area contributed by atoms with E-state index in [0.29, 0.717) is 28.0 Å². The largest absolute Gasteiger partial charge is 0.423 e. The molecule has 0 saturated carbocycles. The zero-order valence-corrected chi connectivity index (χ0v) is 17.2. The van der Waals surface area contributed by atoms with Gasteiger partial charge in [0.25, 0.3) is 5.91 Å². The van der Waals surface area contributed by atoms with Crippen LogP contribution in [0.4, 0.5) is 4.79 Å². The highest BCUT2D eigenvalue weighted by molar-refractivity contribution is 7.10. The fourth-order valence-corrected chi connectivity index (χ4v) is 5.50. The molecule has 6 nitrogen and oxygen atoms in total. The van der Waals surface area contributed by atoms with E-state index in [1.807, 2.05) is 18.4 Å². The minimum atomic E-state index is -1.01. The predicted molar refractivity (Wildman–Crippen MR) is 110 cm³/mol. The summed E-state index contributed by atoms with van der Waals surface area (Å²) in [5.41, 5.74) is 1.04. The van der Waals surface area contributed by atoms with Crippen LogP contribution in [-0.2, 0) is 23.3 Å². The summed E-state index contributed by atoms with van der Waals surface area (Å²) in [7, 11) is 0. The number of thiophene rings is 1. The number of urea groups is 1. The minimum Gasteiger partial charge on any atom is -0.423 e. The molecule has 1 fully saturated rings. The maximum atomic E-state index is 13.4. The van der Waals surface area contributed by atoms with E-state index in [1.54, 1.807) is 23.5 Å². The number of rotatable bonds is 2. The zero-order valence-electron chi connectivity index (χ0n) is 15.6. The number of nitrogens with one attached hydrogen (secondary N) is 1. The average Bonchev–Trinajstić information content (AvgIpc) is 3.24. The predicted octanol–water partition coefficient (Wildman–Crippen LogP) is 4.10. The third-order valence-electron chi connectivity index (χ3n) is 5.77. The Labute approximate surface area is 175 Å². The third kappa shape index (κ3) is 2.72. The van der Waals surface area contributed by atoms with Gasteiger partial charge in [-0.05, 0) is 60.9 Å². The van der Waals surface area contributed by atoms with E-state index in [-0.39, 0.29) is 12.5 Å². The average molecular weight is 429 g/mol. The third-order valence-corrected chi connectivity index (χ3v) is 7.16. The Morgan fingerprint density at radius 1 is 1.28 bits per heavy atom. The first-order valence-corrected chi connectivity index (χ1v) is 10.6.